The predicted molar refractivity (Wildman–Crippen MR) is 154 cm³/mol. The van der Waals surface area contributed by atoms with Gasteiger partial charge in [-0.15, -0.1) is 0 Å². The second-order valence-corrected chi connectivity index (χ2v) is 12.2. The summed E-state index contributed by atoms with van der Waals surface area (Å²) in [6.07, 6.45) is 0.375. The van der Waals surface area contributed by atoms with Crippen LogP contribution in [-0.2, 0) is 26.2 Å². The van der Waals surface area contributed by atoms with E-state index in [1.165, 1.54) is 17.0 Å². The van der Waals surface area contributed by atoms with E-state index in [1.807, 2.05) is 52.0 Å². The molecule has 9 heteroatoms. The second kappa shape index (κ2) is 13.1. The SMILES string of the molecule is CC[C@H](C(=O)NC(C)C)N(Cc1ccc(C)cc1)C(=O)CN(c1ccc(Br)cc1)S(=O)(=O)c1ccccc1. The van der Waals surface area contributed by atoms with Gasteiger partial charge in [0.2, 0.25) is 11.8 Å². The number of rotatable bonds is 11. The highest BCUT2D eigenvalue weighted by Crippen LogP contribution is 2.26. The van der Waals surface area contributed by atoms with Gasteiger partial charge in [-0.25, -0.2) is 8.42 Å². The number of benzene rings is 3. The van der Waals surface area contributed by atoms with Crippen molar-refractivity contribution in [2.24, 2.45) is 0 Å². The number of nitrogens with one attached hydrogen (secondary N) is 1. The van der Waals surface area contributed by atoms with E-state index in [1.54, 1.807) is 42.5 Å². The number of aryl methyl sites for hydroxylation is 1. The van der Waals surface area contributed by atoms with Gasteiger partial charge >= 0.3 is 0 Å². The fourth-order valence-corrected chi connectivity index (χ4v) is 5.75. The first-order chi connectivity index (χ1) is 18.0. The minimum atomic E-state index is -4.08. The highest BCUT2D eigenvalue weighted by Gasteiger charge is 2.33. The summed E-state index contributed by atoms with van der Waals surface area (Å²) in [5.74, 6) is -0.747. The zero-order chi connectivity index (χ0) is 27.9. The summed E-state index contributed by atoms with van der Waals surface area (Å²) in [5.41, 5.74) is 2.27. The minimum Gasteiger partial charge on any atom is -0.352 e. The van der Waals surface area contributed by atoms with Gasteiger partial charge in [-0.05, 0) is 69.2 Å². The lowest BCUT2D eigenvalue weighted by molar-refractivity contribution is -0.140. The Morgan fingerprint density at radius 3 is 2.08 bits per heavy atom. The number of halogens is 1. The summed E-state index contributed by atoms with van der Waals surface area (Å²) < 4.78 is 29.4. The van der Waals surface area contributed by atoms with E-state index in [0.29, 0.717) is 12.1 Å². The van der Waals surface area contributed by atoms with Crippen LogP contribution in [0.5, 0.6) is 0 Å². The van der Waals surface area contributed by atoms with Gasteiger partial charge in [0, 0.05) is 17.1 Å². The predicted octanol–water partition coefficient (Wildman–Crippen LogP) is 5.28. The van der Waals surface area contributed by atoms with Crippen LogP contribution in [0.25, 0.3) is 0 Å². The molecule has 1 N–H and O–H groups in total. The molecule has 0 saturated heterocycles. The second-order valence-electron chi connectivity index (χ2n) is 9.40. The largest absolute Gasteiger partial charge is 0.352 e. The number of hydrogen-bond acceptors (Lipinski definition) is 4. The third-order valence-electron chi connectivity index (χ3n) is 6.02. The molecule has 3 aromatic rings. The van der Waals surface area contributed by atoms with E-state index in [9.17, 15) is 18.0 Å². The molecule has 3 aromatic carbocycles. The maximum Gasteiger partial charge on any atom is 0.264 e. The van der Waals surface area contributed by atoms with Crippen molar-refractivity contribution in [3.8, 4) is 0 Å². The van der Waals surface area contributed by atoms with Crippen LogP contribution < -0.4 is 9.62 Å². The third-order valence-corrected chi connectivity index (χ3v) is 8.33. The van der Waals surface area contributed by atoms with E-state index < -0.39 is 28.5 Å². The summed E-state index contributed by atoms with van der Waals surface area (Å²) in [6.45, 7) is 7.24. The Hall–Kier alpha value is -3.17. The molecule has 0 spiro atoms. The summed E-state index contributed by atoms with van der Waals surface area (Å²) in [5, 5.41) is 2.90. The average molecular weight is 601 g/mol. The molecule has 0 fully saturated rings. The van der Waals surface area contributed by atoms with E-state index in [-0.39, 0.29) is 23.4 Å². The standard InChI is InChI=1S/C29H34BrN3O4S/c1-5-27(29(35)31-21(2)3)32(19-23-13-11-22(4)12-14-23)28(34)20-33(25-17-15-24(30)16-18-25)38(36,37)26-9-7-6-8-10-26/h6-18,21,27H,5,19-20H2,1-4H3,(H,31,35)/t27-/m1/s1. The molecule has 7 nitrogen and oxygen atoms in total. The molecule has 0 aromatic heterocycles. The molecule has 0 unspecified atom stereocenters. The molecule has 0 heterocycles. The molecule has 0 bridgehead atoms. The molecular weight excluding hydrogens is 566 g/mol. The van der Waals surface area contributed by atoms with Gasteiger partial charge < -0.3 is 10.2 Å². The van der Waals surface area contributed by atoms with Crippen molar-refractivity contribution >= 4 is 43.5 Å². The van der Waals surface area contributed by atoms with Crippen molar-refractivity contribution in [2.75, 3.05) is 10.8 Å². The number of hydrogen-bond donors (Lipinski definition) is 1. The highest BCUT2D eigenvalue weighted by atomic mass is 79.9. The molecule has 202 valence electrons. The van der Waals surface area contributed by atoms with Crippen molar-refractivity contribution in [1.29, 1.82) is 0 Å². The van der Waals surface area contributed by atoms with Crippen molar-refractivity contribution in [1.82, 2.24) is 10.2 Å². The fraction of sp³-hybridized carbons (Fsp3) is 0.310. The summed E-state index contributed by atoms with van der Waals surface area (Å²) in [6, 6.07) is 21.6. The van der Waals surface area contributed by atoms with Crippen LogP contribution in [0.15, 0.2) is 88.2 Å². The quantitative estimate of drug-likeness (QED) is 0.324. The van der Waals surface area contributed by atoms with Crippen molar-refractivity contribution in [3.63, 3.8) is 0 Å². The van der Waals surface area contributed by atoms with Gasteiger partial charge in [0.25, 0.3) is 10.0 Å². The molecule has 0 aliphatic heterocycles. The first kappa shape index (κ1) is 29.4. The van der Waals surface area contributed by atoms with Gasteiger partial charge in [0.05, 0.1) is 10.6 Å². The highest BCUT2D eigenvalue weighted by molar-refractivity contribution is 9.10. The zero-order valence-corrected chi connectivity index (χ0v) is 24.5. The van der Waals surface area contributed by atoms with Crippen LogP contribution in [0, 0.1) is 6.92 Å². The Balaban J connectivity index is 2.04. The van der Waals surface area contributed by atoms with E-state index in [0.717, 1.165) is 19.9 Å². The number of nitrogens with zero attached hydrogens (tertiary/aromatic N) is 2. The molecular formula is C29H34BrN3O4S. The van der Waals surface area contributed by atoms with Gasteiger partial charge in [0.1, 0.15) is 12.6 Å². The molecule has 1 atom stereocenters. The molecule has 3 rings (SSSR count). The van der Waals surface area contributed by atoms with Gasteiger partial charge in [-0.3, -0.25) is 13.9 Å². The van der Waals surface area contributed by atoms with Crippen molar-refractivity contribution in [3.05, 3.63) is 94.5 Å². The van der Waals surface area contributed by atoms with Crippen LogP contribution in [0.3, 0.4) is 0 Å². The van der Waals surface area contributed by atoms with E-state index in [4.69, 9.17) is 0 Å². The number of carbonyl (C=O) groups is 2. The van der Waals surface area contributed by atoms with Crippen LogP contribution in [0.1, 0.15) is 38.3 Å². The first-order valence-electron chi connectivity index (χ1n) is 12.5. The minimum absolute atomic E-state index is 0.0744. The normalized spacial score (nSPS) is 12.2. The zero-order valence-electron chi connectivity index (χ0n) is 22.1. The smallest absolute Gasteiger partial charge is 0.264 e. The van der Waals surface area contributed by atoms with E-state index in [2.05, 4.69) is 21.2 Å². The monoisotopic (exact) mass is 599 g/mol. The summed E-state index contributed by atoms with van der Waals surface area (Å²) in [7, 11) is -4.08. The number of anilines is 1. The maximum absolute atomic E-state index is 14.0. The van der Waals surface area contributed by atoms with E-state index >= 15 is 0 Å². The Bertz CT molecular complexity index is 1330. The van der Waals surface area contributed by atoms with Crippen molar-refractivity contribution in [2.45, 2.75) is 57.6 Å². The Morgan fingerprint density at radius 1 is 0.921 bits per heavy atom. The molecule has 0 radical (unpaired) electrons. The molecule has 0 saturated carbocycles. The Labute approximate surface area is 234 Å². The average Bonchev–Trinajstić information content (AvgIpc) is 2.89. The molecule has 0 aliphatic carbocycles. The Kier molecular flexibility index (Phi) is 10.1. The lowest BCUT2D eigenvalue weighted by Crippen LogP contribution is -2.53. The van der Waals surface area contributed by atoms with Crippen LogP contribution in [-0.4, -0.2) is 43.8 Å². The number of carbonyl (C=O) groups excluding carboxylic acids is 2. The summed E-state index contributed by atoms with van der Waals surface area (Å²) in [4.78, 5) is 28.7. The van der Waals surface area contributed by atoms with Gasteiger partial charge in [0.15, 0.2) is 0 Å². The van der Waals surface area contributed by atoms with Gasteiger partial charge in [-0.1, -0.05) is 70.9 Å². The topological polar surface area (TPSA) is 86.8 Å². The lowest BCUT2D eigenvalue weighted by Gasteiger charge is -2.33. The van der Waals surface area contributed by atoms with Crippen LogP contribution >= 0.6 is 15.9 Å². The lowest BCUT2D eigenvalue weighted by atomic mass is 10.1. The fourth-order valence-electron chi connectivity index (χ4n) is 4.05. The molecule has 0 aliphatic rings. The van der Waals surface area contributed by atoms with Gasteiger partial charge in [-0.2, -0.15) is 0 Å². The summed E-state index contributed by atoms with van der Waals surface area (Å²) >= 11 is 3.38. The van der Waals surface area contributed by atoms with Crippen molar-refractivity contribution < 1.29 is 18.0 Å². The molecule has 2 amide bonds. The number of sulfonamides is 1. The van der Waals surface area contributed by atoms with Crippen LogP contribution in [0.2, 0.25) is 0 Å². The first-order valence-corrected chi connectivity index (χ1v) is 14.7. The third kappa shape index (κ3) is 7.45. The van der Waals surface area contributed by atoms with Crippen LogP contribution in [0.4, 0.5) is 5.69 Å². The number of amides is 2. The molecule has 38 heavy (non-hydrogen) atoms. The Morgan fingerprint density at radius 2 is 1.53 bits per heavy atom. The maximum atomic E-state index is 14.0.